The summed E-state index contributed by atoms with van der Waals surface area (Å²) < 4.78 is 49.3. The molecule has 0 spiro atoms. The van der Waals surface area contributed by atoms with Crippen molar-refractivity contribution >= 4 is 28.7 Å². The number of likely N-dealkylation sites (tertiary alicyclic amines) is 1. The number of halogens is 3. The van der Waals surface area contributed by atoms with E-state index in [1.54, 1.807) is 37.4 Å². The standard InChI is InChI=1S/C35H34F3N7O2/c1-22-7-8-25(17-24(22)10-12-28-19-39-33-31(6-5-14-45(28)33)41-32-16-23(2)47-42-32)34(46)40-27-11-9-26(30(18-27)35(36,37)38)20-44-15-13-29(21-44)43(3)4/h5-9,11,14,16-19,29H,13,15,20-21H2,1-4H3,(H,40,46)(H,41,42). The molecule has 6 rings (SSSR count). The summed E-state index contributed by atoms with van der Waals surface area (Å²) in [5, 5.41) is 9.80. The number of hydrogen-bond donors (Lipinski definition) is 2. The molecule has 1 atom stereocenters. The minimum absolute atomic E-state index is 0.0720. The molecule has 5 aromatic rings. The number of likely N-dealkylation sites (N-methyl/N-ethyl adjacent to an activating group) is 1. The summed E-state index contributed by atoms with van der Waals surface area (Å²) in [5.41, 5.74) is 3.22. The molecule has 1 unspecified atom stereocenters. The van der Waals surface area contributed by atoms with Gasteiger partial charge in [-0.25, -0.2) is 4.98 Å². The van der Waals surface area contributed by atoms with Gasteiger partial charge in [-0.15, -0.1) is 0 Å². The maximum atomic E-state index is 14.1. The molecule has 1 aliphatic rings. The normalized spacial score (nSPS) is 15.2. The van der Waals surface area contributed by atoms with Crippen LogP contribution in [0, 0.1) is 25.7 Å². The van der Waals surface area contributed by atoms with E-state index in [9.17, 15) is 18.0 Å². The van der Waals surface area contributed by atoms with Crippen LogP contribution in [0.2, 0.25) is 0 Å². The topological polar surface area (TPSA) is 90.9 Å². The fourth-order valence-corrected chi connectivity index (χ4v) is 5.67. The van der Waals surface area contributed by atoms with E-state index in [1.807, 2.05) is 48.6 Å². The number of nitrogens with one attached hydrogen (secondary N) is 2. The Kier molecular flexibility index (Phi) is 8.77. The molecule has 2 N–H and O–H groups in total. The largest absolute Gasteiger partial charge is 0.416 e. The Morgan fingerprint density at radius 3 is 2.66 bits per heavy atom. The summed E-state index contributed by atoms with van der Waals surface area (Å²) in [6.07, 6.45) is -0.158. The third-order valence-electron chi connectivity index (χ3n) is 8.30. The monoisotopic (exact) mass is 641 g/mol. The Morgan fingerprint density at radius 2 is 1.94 bits per heavy atom. The summed E-state index contributed by atoms with van der Waals surface area (Å²) in [5.74, 6) is 6.96. The lowest BCUT2D eigenvalue weighted by Crippen LogP contribution is -2.31. The predicted molar refractivity (Wildman–Crippen MR) is 174 cm³/mol. The lowest BCUT2D eigenvalue weighted by Gasteiger charge is -2.22. The first-order valence-corrected chi connectivity index (χ1v) is 15.1. The number of aromatic nitrogens is 3. The molecule has 12 heteroatoms. The lowest BCUT2D eigenvalue weighted by atomic mass is 10.0. The summed E-state index contributed by atoms with van der Waals surface area (Å²) in [6, 6.07) is 14.8. The maximum absolute atomic E-state index is 14.1. The Bertz CT molecular complexity index is 2000. The van der Waals surface area contributed by atoms with Gasteiger partial charge in [0.25, 0.3) is 5.91 Å². The van der Waals surface area contributed by atoms with Crippen LogP contribution in [-0.4, -0.2) is 63.5 Å². The van der Waals surface area contributed by atoms with Gasteiger partial charge in [0, 0.05) is 54.8 Å². The van der Waals surface area contributed by atoms with Gasteiger partial charge in [-0.1, -0.05) is 23.2 Å². The zero-order valence-electron chi connectivity index (χ0n) is 26.4. The fourth-order valence-electron chi connectivity index (χ4n) is 5.67. The summed E-state index contributed by atoms with van der Waals surface area (Å²) in [4.78, 5) is 21.9. The molecule has 1 saturated heterocycles. The summed E-state index contributed by atoms with van der Waals surface area (Å²) in [6.45, 7) is 5.31. The number of amides is 1. The van der Waals surface area contributed by atoms with Crippen LogP contribution in [0.5, 0.6) is 0 Å². The Labute approximate surface area is 270 Å². The number of aryl methyl sites for hydroxylation is 2. The van der Waals surface area contributed by atoms with Gasteiger partial charge in [-0.3, -0.25) is 14.1 Å². The van der Waals surface area contributed by atoms with Gasteiger partial charge < -0.3 is 20.1 Å². The third-order valence-corrected chi connectivity index (χ3v) is 8.30. The van der Waals surface area contributed by atoms with Gasteiger partial charge in [0.2, 0.25) is 0 Å². The fraction of sp³-hybridized carbons (Fsp3) is 0.286. The van der Waals surface area contributed by atoms with Crippen molar-refractivity contribution in [2.24, 2.45) is 0 Å². The van der Waals surface area contributed by atoms with Crippen LogP contribution in [0.25, 0.3) is 5.65 Å². The van der Waals surface area contributed by atoms with Gasteiger partial charge in [0.05, 0.1) is 17.4 Å². The number of fused-ring (bicyclic) bond motifs is 1. The number of nitrogens with zero attached hydrogens (tertiary/aromatic N) is 5. The summed E-state index contributed by atoms with van der Waals surface area (Å²) in [7, 11) is 3.96. The van der Waals surface area contributed by atoms with Crippen molar-refractivity contribution in [2.75, 3.05) is 37.8 Å². The highest BCUT2D eigenvalue weighted by Gasteiger charge is 2.35. The maximum Gasteiger partial charge on any atom is 0.416 e. The first-order valence-electron chi connectivity index (χ1n) is 15.1. The molecular formula is C35H34F3N7O2. The smallest absolute Gasteiger partial charge is 0.360 e. The van der Waals surface area contributed by atoms with Crippen LogP contribution in [0.4, 0.5) is 30.4 Å². The molecule has 0 radical (unpaired) electrons. The average Bonchev–Trinajstić information content (AvgIpc) is 3.77. The van der Waals surface area contributed by atoms with Crippen LogP contribution in [0.1, 0.15) is 50.5 Å². The van der Waals surface area contributed by atoms with Crippen LogP contribution in [-0.2, 0) is 12.7 Å². The highest BCUT2D eigenvalue weighted by atomic mass is 19.4. The highest BCUT2D eigenvalue weighted by molar-refractivity contribution is 6.04. The van der Waals surface area contributed by atoms with Crippen LogP contribution in [0.3, 0.4) is 0 Å². The Balaban J connectivity index is 1.19. The predicted octanol–water partition coefficient (Wildman–Crippen LogP) is 6.49. The third kappa shape index (κ3) is 7.16. The number of rotatable bonds is 7. The van der Waals surface area contributed by atoms with E-state index in [-0.39, 0.29) is 23.4 Å². The number of pyridine rings is 1. The number of anilines is 3. The number of carbonyl (C=O) groups excluding carboxylic acids is 1. The second-order valence-electron chi connectivity index (χ2n) is 12.0. The number of carbonyl (C=O) groups is 1. The minimum Gasteiger partial charge on any atom is -0.360 e. The van der Waals surface area contributed by atoms with Gasteiger partial charge in [-0.05, 0) is 87.8 Å². The van der Waals surface area contributed by atoms with E-state index in [0.717, 1.165) is 30.3 Å². The van der Waals surface area contributed by atoms with E-state index < -0.39 is 17.6 Å². The molecule has 0 aliphatic carbocycles. The van der Waals surface area contributed by atoms with Gasteiger partial charge >= 0.3 is 6.18 Å². The van der Waals surface area contributed by atoms with E-state index in [2.05, 4.69) is 37.5 Å². The molecule has 1 amide bonds. The highest BCUT2D eigenvalue weighted by Crippen LogP contribution is 2.35. The first-order chi connectivity index (χ1) is 22.4. The molecule has 3 aromatic heterocycles. The number of benzene rings is 2. The average molecular weight is 642 g/mol. The van der Waals surface area contributed by atoms with E-state index in [0.29, 0.717) is 41.1 Å². The number of imidazole rings is 1. The molecule has 0 bridgehead atoms. The van der Waals surface area contributed by atoms with Crippen molar-refractivity contribution in [1.29, 1.82) is 0 Å². The van der Waals surface area contributed by atoms with Crippen LogP contribution >= 0.6 is 0 Å². The van der Waals surface area contributed by atoms with E-state index in [4.69, 9.17) is 4.52 Å². The molecule has 9 nitrogen and oxygen atoms in total. The van der Waals surface area contributed by atoms with Crippen LogP contribution in [0.15, 0.2) is 71.5 Å². The summed E-state index contributed by atoms with van der Waals surface area (Å²) >= 11 is 0. The minimum atomic E-state index is -4.56. The Morgan fingerprint density at radius 1 is 1.11 bits per heavy atom. The molecule has 242 valence electrons. The van der Waals surface area contributed by atoms with Crippen molar-refractivity contribution < 1.29 is 22.5 Å². The number of hydrogen-bond acceptors (Lipinski definition) is 7. The van der Waals surface area contributed by atoms with E-state index >= 15 is 0 Å². The van der Waals surface area contributed by atoms with Crippen molar-refractivity contribution in [2.45, 2.75) is 39.0 Å². The molecule has 47 heavy (non-hydrogen) atoms. The molecule has 0 saturated carbocycles. The zero-order chi connectivity index (χ0) is 33.3. The van der Waals surface area contributed by atoms with Gasteiger partial charge in [-0.2, -0.15) is 13.2 Å². The zero-order valence-corrected chi connectivity index (χ0v) is 26.4. The van der Waals surface area contributed by atoms with Gasteiger partial charge in [0.15, 0.2) is 11.5 Å². The molecule has 2 aromatic carbocycles. The second kappa shape index (κ2) is 12.9. The van der Waals surface area contributed by atoms with Crippen molar-refractivity contribution in [3.63, 3.8) is 0 Å². The van der Waals surface area contributed by atoms with Crippen molar-refractivity contribution in [1.82, 2.24) is 24.3 Å². The molecule has 4 heterocycles. The molecule has 1 fully saturated rings. The first kappa shape index (κ1) is 31.8. The van der Waals surface area contributed by atoms with Crippen LogP contribution < -0.4 is 10.6 Å². The number of alkyl halides is 3. The second-order valence-corrected chi connectivity index (χ2v) is 12.0. The van der Waals surface area contributed by atoms with E-state index in [1.165, 1.54) is 12.1 Å². The quantitative estimate of drug-likeness (QED) is 0.197. The lowest BCUT2D eigenvalue weighted by molar-refractivity contribution is -0.138. The van der Waals surface area contributed by atoms with Gasteiger partial charge in [0.1, 0.15) is 11.5 Å². The van der Waals surface area contributed by atoms with Crippen molar-refractivity contribution in [3.05, 3.63) is 106 Å². The molecular weight excluding hydrogens is 607 g/mol. The SMILES string of the molecule is Cc1cc(Nc2cccn3c(C#Cc4cc(C(=O)Nc5ccc(CN6CCC(N(C)C)C6)c(C(F)(F)F)c5)ccc4C)cnc23)no1. The van der Waals surface area contributed by atoms with Crippen molar-refractivity contribution in [3.8, 4) is 11.8 Å². The molecule has 1 aliphatic heterocycles. The Hall–Kier alpha value is -5.12.